The Morgan fingerprint density at radius 2 is 0.914 bits per heavy atom. The Hall–Kier alpha value is -1.49. The predicted octanol–water partition coefficient (Wildman–Crippen LogP) is -10.8. The minimum Gasteiger partial charge on any atom is -0.394 e. The van der Waals surface area contributed by atoms with Crippen LogP contribution in [0.15, 0.2) is 0 Å². The molecule has 5 heterocycles. The fraction of sp³-hybridized carbons (Fsp3) is 0.969. The molecular weight excluding hydrogens is 798 g/mol. The summed E-state index contributed by atoms with van der Waals surface area (Å²) in [6, 6.07) is -1.72. The van der Waals surface area contributed by atoms with Gasteiger partial charge in [0.15, 0.2) is 31.5 Å². The van der Waals surface area contributed by atoms with Crippen LogP contribution < -0.4 is 5.32 Å². The summed E-state index contributed by atoms with van der Waals surface area (Å²) in [5.41, 5.74) is 0. The Morgan fingerprint density at radius 3 is 1.50 bits per heavy atom. The van der Waals surface area contributed by atoms with E-state index in [1.165, 1.54) is 6.92 Å². The molecule has 25 atom stereocenters. The van der Waals surface area contributed by atoms with Crippen molar-refractivity contribution in [1.29, 1.82) is 0 Å². The summed E-state index contributed by atoms with van der Waals surface area (Å²) in [7, 11) is 0. The van der Waals surface area contributed by atoms with Crippen LogP contribution in [0.2, 0.25) is 0 Å². The monoisotopic (exact) mass is 853 g/mol. The summed E-state index contributed by atoms with van der Waals surface area (Å²) in [4.78, 5) is 12.6. The lowest BCUT2D eigenvalue weighted by Crippen LogP contribution is -2.70. The van der Waals surface area contributed by atoms with Crippen molar-refractivity contribution in [3.8, 4) is 0 Å². The third kappa shape index (κ3) is 9.75. The molecule has 5 aliphatic heterocycles. The van der Waals surface area contributed by atoms with E-state index in [1.54, 1.807) is 0 Å². The molecule has 16 N–H and O–H groups in total. The van der Waals surface area contributed by atoms with Gasteiger partial charge in [0.25, 0.3) is 0 Å². The Morgan fingerprint density at radius 1 is 0.448 bits per heavy atom. The average molecular weight is 854 g/mol. The van der Waals surface area contributed by atoms with Gasteiger partial charge < -0.3 is 125 Å². The highest BCUT2D eigenvalue weighted by molar-refractivity contribution is 5.73. The number of ether oxygens (including phenoxy) is 9. The van der Waals surface area contributed by atoms with E-state index in [9.17, 15) is 81.4 Å². The van der Waals surface area contributed by atoms with Gasteiger partial charge in [-0.2, -0.15) is 0 Å². The first-order valence-electron chi connectivity index (χ1n) is 18.5. The summed E-state index contributed by atoms with van der Waals surface area (Å²) >= 11 is 0. The van der Waals surface area contributed by atoms with Crippen molar-refractivity contribution in [1.82, 2.24) is 5.32 Å². The zero-order valence-electron chi connectivity index (χ0n) is 31.1. The van der Waals surface area contributed by atoms with Crippen LogP contribution in [0, 0.1) is 0 Å². The largest absolute Gasteiger partial charge is 0.394 e. The number of amides is 1. The Labute approximate surface area is 329 Å². The molecule has 0 saturated carbocycles. The van der Waals surface area contributed by atoms with Crippen LogP contribution in [-0.2, 0) is 47.4 Å². The van der Waals surface area contributed by atoms with E-state index in [1.807, 2.05) is 0 Å². The molecule has 0 unspecified atom stereocenters. The predicted molar refractivity (Wildman–Crippen MR) is 177 cm³/mol. The minimum absolute atomic E-state index is 0.823. The molecular formula is C32H55NO25. The van der Waals surface area contributed by atoms with Gasteiger partial charge in [0.05, 0.1) is 32.5 Å². The summed E-state index contributed by atoms with van der Waals surface area (Å²) in [5, 5.41) is 160. The summed E-state index contributed by atoms with van der Waals surface area (Å²) in [6.45, 7) is -1.34. The van der Waals surface area contributed by atoms with Crippen LogP contribution in [-0.4, -0.2) is 262 Å². The standard InChI is InChI=1S/C32H55NO25/c1-7-14(39)18(43)22(47)30(50-7)58-27-19(44)15(40)9(3-34)54-32(27)56-25-13(33-8(2)38)29(52-10(4-35)16(25)41)57-26-17(42)11(5-36)53-31(23(26)48)55-24-12(6-37)51-28(49)21(46)20(24)45/h7,9-32,34-37,39-49H,3-6H2,1-2H3,(H,33,38)/t7-,9+,10+,11+,12+,13+,14+,15-,16-,17-,18+,19-,20+,21+,22-,23+,24+,25+,26-,27+,28+,29-,30-,31-,32-/m0/s1. The Kier molecular flexibility index (Phi) is 16.5. The first-order chi connectivity index (χ1) is 27.4. The highest BCUT2D eigenvalue weighted by Crippen LogP contribution is 2.36. The van der Waals surface area contributed by atoms with Gasteiger partial charge in [-0.1, -0.05) is 0 Å². The van der Waals surface area contributed by atoms with Crippen molar-refractivity contribution < 1.29 is 124 Å². The number of nitrogens with one attached hydrogen (secondary N) is 1. The van der Waals surface area contributed by atoms with Crippen molar-refractivity contribution in [3.05, 3.63) is 0 Å². The molecule has 5 aliphatic rings. The fourth-order valence-corrected chi connectivity index (χ4v) is 7.35. The highest BCUT2D eigenvalue weighted by Gasteiger charge is 2.57. The van der Waals surface area contributed by atoms with Crippen LogP contribution in [0.1, 0.15) is 13.8 Å². The zero-order valence-corrected chi connectivity index (χ0v) is 31.1. The molecule has 1 amide bonds. The van der Waals surface area contributed by atoms with Crippen molar-refractivity contribution in [3.63, 3.8) is 0 Å². The molecule has 5 rings (SSSR count). The van der Waals surface area contributed by atoms with E-state index in [4.69, 9.17) is 42.6 Å². The summed E-state index contributed by atoms with van der Waals surface area (Å²) in [6.07, 6.45) is -43.4. The molecule has 0 spiro atoms. The third-order valence-corrected chi connectivity index (χ3v) is 10.7. The Bertz CT molecular complexity index is 1310. The fourth-order valence-electron chi connectivity index (χ4n) is 7.35. The minimum atomic E-state index is -2.10. The lowest BCUT2D eigenvalue weighted by Gasteiger charge is -2.50. The molecule has 26 heteroatoms. The molecule has 338 valence electrons. The maximum absolute atomic E-state index is 12.6. The van der Waals surface area contributed by atoms with Gasteiger partial charge in [0.2, 0.25) is 5.91 Å². The molecule has 5 fully saturated rings. The maximum atomic E-state index is 12.6. The quantitative estimate of drug-likeness (QED) is 0.0818. The average Bonchev–Trinajstić information content (AvgIpc) is 3.19. The van der Waals surface area contributed by atoms with Crippen molar-refractivity contribution >= 4 is 5.91 Å². The SMILES string of the molecule is CC(=O)N[C@H]1[C@H](O[C@H]2[C@@H](O)[C@@H](CO)O[C@@H](O[C@H]3[C@H](O)[C@@H](O)[C@H](O)O[C@@H]3CO)[C@@H]2O)O[C@H](CO)[C@H](O)[C@@H]1O[C@@H]1O[C@H](CO)[C@H](O)[C@H](O)[C@H]1O[C@@H]1O[C@@H](C)[C@@H](O)[C@@H](O)[C@@H]1O. The number of carbonyl (C=O) groups excluding carboxylic acids is 1. The normalized spacial score (nSPS) is 51.6. The van der Waals surface area contributed by atoms with E-state index >= 15 is 0 Å². The van der Waals surface area contributed by atoms with E-state index in [0.717, 1.165) is 6.92 Å². The van der Waals surface area contributed by atoms with Gasteiger partial charge in [-0.05, 0) is 6.92 Å². The molecule has 0 bridgehead atoms. The van der Waals surface area contributed by atoms with Gasteiger partial charge in [-0.25, -0.2) is 0 Å². The van der Waals surface area contributed by atoms with E-state index < -0.39 is 186 Å². The number of carbonyl (C=O) groups is 1. The Balaban J connectivity index is 1.44. The van der Waals surface area contributed by atoms with E-state index in [-0.39, 0.29) is 0 Å². The maximum Gasteiger partial charge on any atom is 0.217 e. The number of rotatable bonds is 13. The molecule has 0 aromatic rings. The van der Waals surface area contributed by atoms with Crippen molar-refractivity contribution in [2.45, 2.75) is 167 Å². The number of aliphatic hydroxyl groups excluding tert-OH is 15. The number of aliphatic hydroxyl groups is 15. The second-order valence-electron chi connectivity index (χ2n) is 14.7. The van der Waals surface area contributed by atoms with Gasteiger partial charge >= 0.3 is 0 Å². The highest BCUT2D eigenvalue weighted by atomic mass is 16.8. The van der Waals surface area contributed by atoms with Crippen LogP contribution >= 0.6 is 0 Å². The molecule has 26 nitrogen and oxygen atoms in total. The molecule has 0 aromatic carbocycles. The second kappa shape index (κ2) is 20.1. The van der Waals surface area contributed by atoms with Gasteiger partial charge in [-0.15, -0.1) is 0 Å². The van der Waals surface area contributed by atoms with Gasteiger partial charge in [0.1, 0.15) is 116 Å². The number of hydrogen-bond donors (Lipinski definition) is 16. The molecule has 58 heavy (non-hydrogen) atoms. The smallest absolute Gasteiger partial charge is 0.217 e. The molecule has 0 aromatic heterocycles. The van der Waals surface area contributed by atoms with Gasteiger partial charge in [0, 0.05) is 6.92 Å². The lowest BCUT2D eigenvalue weighted by atomic mass is 9.94. The van der Waals surface area contributed by atoms with Crippen LogP contribution in [0.25, 0.3) is 0 Å². The topological polar surface area (TPSA) is 416 Å². The molecule has 5 saturated heterocycles. The van der Waals surface area contributed by atoms with Crippen LogP contribution in [0.3, 0.4) is 0 Å². The van der Waals surface area contributed by atoms with Crippen LogP contribution in [0.4, 0.5) is 0 Å². The van der Waals surface area contributed by atoms with Crippen LogP contribution in [0.5, 0.6) is 0 Å². The summed E-state index contributed by atoms with van der Waals surface area (Å²) in [5.74, 6) is -0.823. The first kappa shape index (κ1) is 47.6. The molecule has 0 radical (unpaired) electrons. The first-order valence-corrected chi connectivity index (χ1v) is 18.5. The van der Waals surface area contributed by atoms with Gasteiger partial charge in [-0.3, -0.25) is 4.79 Å². The van der Waals surface area contributed by atoms with Crippen molar-refractivity contribution in [2.24, 2.45) is 0 Å². The summed E-state index contributed by atoms with van der Waals surface area (Å²) < 4.78 is 50.8. The van der Waals surface area contributed by atoms with E-state index in [0.29, 0.717) is 0 Å². The second-order valence-corrected chi connectivity index (χ2v) is 14.7. The lowest BCUT2D eigenvalue weighted by molar-refractivity contribution is -0.390. The van der Waals surface area contributed by atoms with Crippen molar-refractivity contribution in [2.75, 3.05) is 26.4 Å². The number of hydrogen-bond acceptors (Lipinski definition) is 25. The molecule has 0 aliphatic carbocycles. The third-order valence-electron chi connectivity index (χ3n) is 10.7. The zero-order chi connectivity index (χ0) is 42.9. The van der Waals surface area contributed by atoms with E-state index in [2.05, 4.69) is 5.32 Å².